The summed E-state index contributed by atoms with van der Waals surface area (Å²) in [6.07, 6.45) is 1.09. The molecule has 1 saturated heterocycles. The Hall–Kier alpha value is -3.26. The van der Waals surface area contributed by atoms with Crippen molar-refractivity contribution in [3.8, 4) is 5.75 Å². The first kappa shape index (κ1) is 26.3. The standard InChI is InChI=1S/C26H27ClN4O3.ClH/c1-30-14-3-15-31(17-16-30)21-12-6-18(7-13-21)25(33)29-24-22(4-2-5-23(24)32)26(34)28-20-10-8-19(27)9-11-20;/h2,4-13,32H,3,14-17H2,1H3,(H,28,34)(H,29,33);1H. The second-order valence-corrected chi connectivity index (χ2v) is 8.74. The number of benzene rings is 3. The van der Waals surface area contributed by atoms with Gasteiger partial charge in [-0.3, -0.25) is 9.59 Å². The van der Waals surface area contributed by atoms with Gasteiger partial charge in [-0.25, -0.2) is 0 Å². The molecule has 0 atom stereocenters. The van der Waals surface area contributed by atoms with E-state index in [0.717, 1.165) is 38.3 Å². The van der Waals surface area contributed by atoms with E-state index in [-0.39, 0.29) is 29.4 Å². The summed E-state index contributed by atoms with van der Waals surface area (Å²) in [6, 6.07) is 18.6. The van der Waals surface area contributed by atoms with Crippen LogP contribution in [-0.4, -0.2) is 55.0 Å². The molecule has 0 radical (unpaired) electrons. The Bertz CT molecular complexity index is 1170. The molecule has 4 rings (SSSR count). The molecule has 3 aromatic carbocycles. The maximum Gasteiger partial charge on any atom is 0.257 e. The van der Waals surface area contributed by atoms with Gasteiger partial charge in [0, 0.05) is 41.6 Å². The van der Waals surface area contributed by atoms with E-state index in [9.17, 15) is 14.7 Å². The molecular weight excluding hydrogens is 487 g/mol. The summed E-state index contributed by atoms with van der Waals surface area (Å²) in [5, 5.41) is 16.4. The average molecular weight is 515 g/mol. The predicted octanol–water partition coefficient (Wildman–Crippen LogP) is 5.11. The SMILES string of the molecule is CN1CCCN(c2ccc(C(=O)Nc3c(O)cccc3C(=O)Nc3ccc(Cl)cc3)cc2)CC1.Cl. The first-order valence-corrected chi connectivity index (χ1v) is 11.5. The highest BCUT2D eigenvalue weighted by Gasteiger charge is 2.19. The highest BCUT2D eigenvalue weighted by Crippen LogP contribution is 2.29. The van der Waals surface area contributed by atoms with Gasteiger partial charge in [-0.05, 0) is 80.7 Å². The van der Waals surface area contributed by atoms with E-state index in [4.69, 9.17) is 11.6 Å². The maximum absolute atomic E-state index is 12.9. The van der Waals surface area contributed by atoms with Crippen LogP contribution in [0.25, 0.3) is 0 Å². The van der Waals surface area contributed by atoms with Gasteiger partial charge in [-0.2, -0.15) is 0 Å². The van der Waals surface area contributed by atoms with E-state index in [1.165, 1.54) is 6.07 Å². The van der Waals surface area contributed by atoms with E-state index in [1.807, 2.05) is 12.1 Å². The van der Waals surface area contributed by atoms with Crippen molar-refractivity contribution in [2.75, 3.05) is 48.8 Å². The molecule has 3 aromatic rings. The molecule has 0 aliphatic carbocycles. The smallest absolute Gasteiger partial charge is 0.257 e. The molecule has 0 aromatic heterocycles. The number of para-hydroxylation sites is 1. The number of phenols is 1. The third-order valence-corrected chi connectivity index (χ3v) is 6.09. The van der Waals surface area contributed by atoms with Crippen LogP contribution in [0.5, 0.6) is 5.75 Å². The topological polar surface area (TPSA) is 84.9 Å². The summed E-state index contributed by atoms with van der Waals surface area (Å²) in [5.41, 5.74) is 2.25. The monoisotopic (exact) mass is 514 g/mol. The highest BCUT2D eigenvalue weighted by atomic mass is 35.5. The lowest BCUT2D eigenvalue weighted by Gasteiger charge is -2.23. The Kier molecular flexibility index (Phi) is 8.98. The van der Waals surface area contributed by atoms with Gasteiger partial charge in [0.05, 0.1) is 11.3 Å². The molecule has 9 heteroatoms. The lowest BCUT2D eigenvalue weighted by Crippen LogP contribution is -2.28. The van der Waals surface area contributed by atoms with Crippen molar-refractivity contribution >= 4 is 52.9 Å². The van der Waals surface area contributed by atoms with Crippen LogP contribution in [0.15, 0.2) is 66.7 Å². The lowest BCUT2D eigenvalue weighted by atomic mass is 10.1. The zero-order valence-electron chi connectivity index (χ0n) is 19.3. The Morgan fingerprint density at radius 2 is 1.57 bits per heavy atom. The van der Waals surface area contributed by atoms with Gasteiger partial charge in [0.25, 0.3) is 11.8 Å². The van der Waals surface area contributed by atoms with E-state index in [2.05, 4.69) is 27.5 Å². The maximum atomic E-state index is 12.9. The molecule has 0 saturated carbocycles. The summed E-state index contributed by atoms with van der Waals surface area (Å²) >= 11 is 5.90. The van der Waals surface area contributed by atoms with Crippen molar-refractivity contribution in [1.29, 1.82) is 0 Å². The Balaban J connectivity index is 0.00000342. The first-order valence-electron chi connectivity index (χ1n) is 11.1. The summed E-state index contributed by atoms with van der Waals surface area (Å²) in [5.74, 6) is -1.07. The fraction of sp³-hybridized carbons (Fsp3) is 0.231. The number of nitrogens with zero attached hydrogens (tertiary/aromatic N) is 2. The number of halogens is 2. The van der Waals surface area contributed by atoms with Crippen molar-refractivity contribution in [3.63, 3.8) is 0 Å². The fourth-order valence-electron chi connectivity index (χ4n) is 3.91. The van der Waals surface area contributed by atoms with E-state index in [0.29, 0.717) is 16.3 Å². The number of anilines is 3. The fourth-order valence-corrected chi connectivity index (χ4v) is 4.03. The van der Waals surface area contributed by atoms with Gasteiger partial charge >= 0.3 is 0 Å². The number of rotatable bonds is 5. The number of carbonyl (C=O) groups excluding carboxylic acids is 2. The summed E-state index contributed by atoms with van der Waals surface area (Å²) in [6.45, 7) is 3.98. The number of amides is 2. The molecule has 0 spiro atoms. The van der Waals surface area contributed by atoms with Crippen LogP contribution in [0.3, 0.4) is 0 Å². The van der Waals surface area contributed by atoms with Crippen LogP contribution < -0.4 is 15.5 Å². The molecular formula is C26H28Cl2N4O3. The van der Waals surface area contributed by atoms with Crippen LogP contribution in [0, 0.1) is 0 Å². The molecule has 1 aliphatic rings. The van der Waals surface area contributed by atoms with Crippen LogP contribution in [0.4, 0.5) is 17.1 Å². The third-order valence-electron chi connectivity index (χ3n) is 5.84. The number of phenolic OH excluding ortho intramolecular Hbond substituents is 1. The second-order valence-electron chi connectivity index (χ2n) is 8.31. The number of aromatic hydroxyl groups is 1. The zero-order chi connectivity index (χ0) is 24.1. The highest BCUT2D eigenvalue weighted by molar-refractivity contribution is 6.30. The van der Waals surface area contributed by atoms with Gasteiger partial charge in [0.15, 0.2) is 0 Å². The van der Waals surface area contributed by atoms with Crippen LogP contribution in [0.1, 0.15) is 27.1 Å². The quantitative estimate of drug-likeness (QED) is 0.411. The molecule has 1 aliphatic heterocycles. The normalized spacial score (nSPS) is 13.9. The molecule has 1 fully saturated rings. The van der Waals surface area contributed by atoms with Crippen molar-refractivity contribution in [2.24, 2.45) is 0 Å². The van der Waals surface area contributed by atoms with Crippen LogP contribution in [0.2, 0.25) is 5.02 Å². The molecule has 0 unspecified atom stereocenters. The van der Waals surface area contributed by atoms with Gasteiger partial charge in [0.2, 0.25) is 0 Å². The lowest BCUT2D eigenvalue weighted by molar-refractivity contribution is 0.102. The molecule has 2 amide bonds. The van der Waals surface area contributed by atoms with Gasteiger partial charge < -0.3 is 25.5 Å². The largest absolute Gasteiger partial charge is 0.506 e. The van der Waals surface area contributed by atoms with E-state index in [1.54, 1.807) is 48.5 Å². The number of carbonyl (C=O) groups is 2. The van der Waals surface area contributed by atoms with Crippen molar-refractivity contribution in [1.82, 2.24) is 4.90 Å². The van der Waals surface area contributed by atoms with Crippen LogP contribution >= 0.6 is 24.0 Å². The van der Waals surface area contributed by atoms with Crippen molar-refractivity contribution in [2.45, 2.75) is 6.42 Å². The Labute approximate surface area is 216 Å². The molecule has 1 heterocycles. The summed E-state index contributed by atoms with van der Waals surface area (Å²) in [4.78, 5) is 30.4. The van der Waals surface area contributed by atoms with Crippen LogP contribution in [-0.2, 0) is 0 Å². The second kappa shape index (κ2) is 11.9. The number of nitrogens with one attached hydrogen (secondary N) is 2. The van der Waals surface area contributed by atoms with Gasteiger partial charge in [-0.15, -0.1) is 12.4 Å². The molecule has 3 N–H and O–H groups in total. The minimum Gasteiger partial charge on any atom is -0.506 e. The minimum absolute atomic E-state index is 0. The number of hydrogen-bond acceptors (Lipinski definition) is 5. The summed E-state index contributed by atoms with van der Waals surface area (Å²) < 4.78 is 0. The minimum atomic E-state index is -0.463. The first-order chi connectivity index (χ1) is 16.4. The average Bonchev–Trinajstić information content (AvgIpc) is 3.06. The van der Waals surface area contributed by atoms with Crippen molar-refractivity contribution in [3.05, 3.63) is 82.9 Å². The summed E-state index contributed by atoms with van der Waals surface area (Å²) in [7, 11) is 2.12. The van der Waals surface area contributed by atoms with E-state index >= 15 is 0 Å². The van der Waals surface area contributed by atoms with Crippen molar-refractivity contribution < 1.29 is 14.7 Å². The molecule has 0 bridgehead atoms. The molecule has 35 heavy (non-hydrogen) atoms. The zero-order valence-corrected chi connectivity index (χ0v) is 20.9. The molecule has 7 nitrogen and oxygen atoms in total. The van der Waals surface area contributed by atoms with Gasteiger partial charge in [-0.1, -0.05) is 17.7 Å². The number of hydrogen-bond donors (Lipinski definition) is 3. The Morgan fingerprint density at radius 1 is 0.857 bits per heavy atom. The predicted molar refractivity (Wildman–Crippen MR) is 143 cm³/mol. The molecule has 184 valence electrons. The number of likely N-dealkylation sites (N-methyl/N-ethyl adjacent to an activating group) is 1. The third kappa shape index (κ3) is 6.66. The van der Waals surface area contributed by atoms with Gasteiger partial charge in [0.1, 0.15) is 5.75 Å². The Morgan fingerprint density at radius 3 is 2.29 bits per heavy atom. The van der Waals surface area contributed by atoms with E-state index < -0.39 is 11.8 Å².